The molecule has 1 saturated heterocycles. The molecule has 0 radical (unpaired) electrons. The lowest BCUT2D eigenvalue weighted by atomic mass is 9.81. The van der Waals surface area contributed by atoms with E-state index in [-0.39, 0.29) is 18.9 Å². The van der Waals surface area contributed by atoms with Crippen LogP contribution in [0.2, 0.25) is 0 Å². The Bertz CT molecular complexity index is 1030. The van der Waals surface area contributed by atoms with Crippen LogP contribution in [0.3, 0.4) is 0 Å². The molecule has 0 atom stereocenters. The lowest BCUT2D eigenvalue weighted by molar-refractivity contribution is -0.152. The van der Waals surface area contributed by atoms with Crippen LogP contribution >= 0.6 is 0 Å². The molecule has 1 saturated carbocycles. The number of carbonyl (C=O) groups is 2. The molecule has 0 unspecified atom stereocenters. The second kappa shape index (κ2) is 9.22. The first-order valence-electron chi connectivity index (χ1n) is 12.7. The molecule has 4 heterocycles. The first kappa shape index (κ1) is 24.3. The number of allylic oxidation sites excluding steroid dienone is 2. The van der Waals surface area contributed by atoms with Gasteiger partial charge < -0.3 is 14.5 Å². The number of aliphatic imine (C=N–C) groups is 1. The number of rotatable bonds is 2. The third kappa shape index (κ3) is 4.59. The summed E-state index contributed by atoms with van der Waals surface area (Å²) in [6.07, 6.45) is 5.44. The molecule has 0 aromatic heterocycles. The second-order valence-corrected chi connectivity index (χ2v) is 10.4. The van der Waals surface area contributed by atoms with E-state index >= 15 is 0 Å². The lowest BCUT2D eigenvalue weighted by Crippen LogP contribution is -2.52. The number of esters is 1. The number of likely N-dealkylation sites (tertiary alicyclic amines) is 1. The van der Waals surface area contributed by atoms with Crippen LogP contribution in [0.1, 0.15) is 64.7 Å². The van der Waals surface area contributed by atoms with Gasteiger partial charge in [-0.2, -0.15) is 13.2 Å². The quantitative estimate of drug-likeness (QED) is 0.535. The number of alkyl halides is 3. The van der Waals surface area contributed by atoms with Gasteiger partial charge in [0, 0.05) is 69.0 Å². The fourth-order valence-corrected chi connectivity index (χ4v) is 6.26. The van der Waals surface area contributed by atoms with Crippen LogP contribution in [-0.2, 0) is 14.3 Å². The Morgan fingerprint density at radius 1 is 1.14 bits per heavy atom. The van der Waals surface area contributed by atoms with Gasteiger partial charge in [0.25, 0.3) is 5.91 Å². The molecular formula is C26H32F3N3O3. The van der Waals surface area contributed by atoms with Crippen molar-refractivity contribution in [2.75, 3.05) is 26.2 Å². The Labute approximate surface area is 203 Å². The summed E-state index contributed by atoms with van der Waals surface area (Å²) in [5.74, 6) is -0.674. The van der Waals surface area contributed by atoms with Gasteiger partial charge in [-0.1, -0.05) is 25.3 Å². The summed E-state index contributed by atoms with van der Waals surface area (Å²) in [5.41, 5.74) is 0.469. The third-order valence-corrected chi connectivity index (χ3v) is 8.29. The summed E-state index contributed by atoms with van der Waals surface area (Å²) >= 11 is 0. The molecule has 6 nitrogen and oxygen atoms in total. The largest absolute Gasteiger partial charge is 0.450 e. The van der Waals surface area contributed by atoms with E-state index in [2.05, 4.69) is 9.89 Å². The Balaban J connectivity index is 1.31. The zero-order valence-electron chi connectivity index (χ0n) is 20.1. The van der Waals surface area contributed by atoms with Crippen molar-refractivity contribution in [3.63, 3.8) is 0 Å². The number of hydrogen-bond acceptors (Lipinski definition) is 5. The summed E-state index contributed by atoms with van der Waals surface area (Å²) in [5, 5.41) is 0. The van der Waals surface area contributed by atoms with Crippen molar-refractivity contribution in [3.8, 4) is 0 Å². The number of nitrogens with zero attached hydrogens (tertiary/aromatic N) is 3. The topological polar surface area (TPSA) is 62.2 Å². The maximum absolute atomic E-state index is 13.8. The van der Waals surface area contributed by atoms with Crippen LogP contribution in [0.15, 0.2) is 39.1 Å². The van der Waals surface area contributed by atoms with E-state index in [0.717, 1.165) is 25.4 Å². The Hall–Kier alpha value is -2.42. The van der Waals surface area contributed by atoms with E-state index in [0.29, 0.717) is 54.3 Å². The maximum Gasteiger partial charge on any atom is 0.417 e. The van der Waals surface area contributed by atoms with E-state index in [1.54, 1.807) is 11.8 Å². The summed E-state index contributed by atoms with van der Waals surface area (Å²) < 4.78 is 45.3. The van der Waals surface area contributed by atoms with Crippen molar-refractivity contribution in [1.29, 1.82) is 0 Å². The van der Waals surface area contributed by atoms with Gasteiger partial charge in [-0.3, -0.25) is 9.79 Å². The van der Waals surface area contributed by atoms with Gasteiger partial charge in [-0.25, -0.2) is 4.79 Å². The zero-order chi connectivity index (χ0) is 24.8. The molecule has 0 N–H and O–H groups in total. The highest BCUT2D eigenvalue weighted by Crippen LogP contribution is 2.43. The average Bonchev–Trinajstić information content (AvgIpc) is 2.98. The minimum atomic E-state index is -4.45. The molecule has 0 aromatic carbocycles. The standard InChI is InChI=1S/C26H32F3N3O3/c1-17-22(25(35-24(17)34)10-13-31(14-11-25)20-5-3-2-4-6-20)23(33)32-12-9-21-18(16-32)7-8-19(15-30-21)26(27,28)29/h8,15,20H,2-7,9-14,16H2,1H3. The summed E-state index contributed by atoms with van der Waals surface area (Å²) in [6.45, 7) is 3.79. The Morgan fingerprint density at radius 3 is 2.54 bits per heavy atom. The highest BCUT2D eigenvalue weighted by Gasteiger charge is 2.52. The number of hydrogen-bond donors (Lipinski definition) is 0. The van der Waals surface area contributed by atoms with E-state index in [4.69, 9.17) is 4.74 Å². The molecule has 35 heavy (non-hydrogen) atoms. The number of amides is 1. The molecule has 5 rings (SSSR count). The molecule has 1 aliphatic carbocycles. The van der Waals surface area contributed by atoms with Crippen LogP contribution in [0.4, 0.5) is 13.2 Å². The van der Waals surface area contributed by atoms with Crippen molar-refractivity contribution in [1.82, 2.24) is 9.80 Å². The minimum absolute atomic E-state index is 0.100. The normalized spacial score (nSPS) is 26.1. The van der Waals surface area contributed by atoms with Gasteiger partial charge >= 0.3 is 12.1 Å². The monoisotopic (exact) mass is 491 g/mol. The smallest absolute Gasteiger partial charge is 0.417 e. The van der Waals surface area contributed by atoms with Gasteiger partial charge in [-0.15, -0.1) is 0 Å². The van der Waals surface area contributed by atoms with Crippen molar-refractivity contribution >= 4 is 18.1 Å². The Kier molecular flexibility index (Phi) is 6.40. The maximum atomic E-state index is 13.8. The first-order valence-corrected chi connectivity index (χ1v) is 12.7. The highest BCUT2D eigenvalue weighted by atomic mass is 19.4. The van der Waals surface area contributed by atoms with Gasteiger partial charge in [0.2, 0.25) is 0 Å². The number of ether oxygens (including phenoxy) is 1. The summed E-state index contributed by atoms with van der Waals surface area (Å²) in [6, 6.07) is 0.570. The lowest BCUT2D eigenvalue weighted by Gasteiger charge is -2.44. The SMILES string of the molecule is CC1=C(C(=O)N2CCC3=C(CC=C(C(F)(F)F)C=N3)C2)C2(CCN(C3CCCCC3)CC2)OC1=O. The van der Waals surface area contributed by atoms with Crippen LogP contribution < -0.4 is 0 Å². The zero-order valence-corrected chi connectivity index (χ0v) is 20.1. The van der Waals surface area contributed by atoms with Gasteiger partial charge in [0.05, 0.1) is 11.1 Å². The molecule has 1 spiro atoms. The number of carbonyl (C=O) groups excluding carboxylic acids is 2. The van der Waals surface area contributed by atoms with Crippen LogP contribution in [0.25, 0.3) is 0 Å². The van der Waals surface area contributed by atoms with Crippen molar-refractivity contribution < 1.29 is 27.5 Å². The van der Waals surface area contributed by atoms with Crippen LogP contribution in [-0.4, -0.2) is 71.9 Å². The molecule has 0 bridgehead atoms. The molecule has 9 heteroatoms. The van der Waals surface area contributed by atoms with E-state index < -0.39 is 23.3 Å². The van der Waals surface area contributed by atoms with E-state index in [9.17, 15) is 22.8 Å². The highest BCUT2D eigenvalue weighted by molar-refractivity contribution is 6.07. The van der Waals surface area contributed by atoms with E-state index in [1.165, 1.54) is 32.1 Å². The van der Waals surface area contributed by atoms with Crippen LogP contribution in [0, 0.1) is 0 Å². The minimum Gasteiger partial charge on any atom is -0.450 e. The molecule has 4 aliphatic heterocycles. The fourth-order valence-electron chi connectivity index (χ4n) is 6.26. The number of piperidine rings is 1. The Morgan fingerprint density at radius 2 is 1.86 bits per heavy atom. The second-order valence-electron chi connectivity index (χ2n) is 10.4. The molecule has 1 amide bonds. The summed E-state index contributed by atoms with van der Waals surface area (Å²) in [4.78, 5) is 34.6. The molecule has 2 fully saturated rings. The first-order chi connectivity index (χ1) is 16.7. The van der Waals surface area contributed by atoms with E-state index in [1.807, 2.05) is 0 Å². The fraction of sp³-hybridized carbons (Fsp3) is 0.654. The predicted molar refractivity (Wildman–Crippen MR) is 125 cm³/mol. The molecule has 0 aromatic rings. The third-order valence-electron chi connectivity index (χ3n) is 8.29. The van der Waals surface area contributed by atoms with Gasteiger partial charge in [-0.05, 0) is 31.8 Å². The van der Waals surface area contributed by atoms with Gasteiger partial charge in [0.1, 0.15) is 5.60 Å². The molecular weight excluding hydrogens is 459 g/mol. The van der Waals surface area contributed by atoms with Crippen LogP contribution in [0.5, 0.6) is 0 Å². The number of halogens is 3. The summed E-state index contributed by atoms with van der Waals surface area (Å²) in [7, 11) is 0. The van der Waals surface area contributed by atoms with Crippen molar-refractivity contribution in [2.45, 2.75) is 82.5 Å². The van der Waals surface area contributed by atoms with Gasteiger partial charge in [0.15, 0.2) is 0 Å². The molecule has 5 aliphatic rings. The predicted octanol–water partition coefficient (Wildman–Crippen LogP) is 4.48. The van der Waals surface area contributed by atoms with Crippen molar-refractivity contribution in [3.05, 3.63) is 34.1 Å². The average molecular weight is 492 g/mol. The van der Waals surface area contributed by atoms with Crippen molar-refractivity contribution in [2.24, 2.45) is 4.99 Å². The molecule has 190 valence electrons.